The Kier molecular flexibility index (Phi) is 7.46. The van der Waals surface area contributed by atoms with Gasteiger partial charge in [0.25, 0.3) is 5.91 Å². The summed E-state index contributed by atoms with van der Waals surface area (Å²) in [5.74, 6) is -1.46. The molecule has 1 saturated heterocycles. The van der Waals surface area contributed by atoms with Crippen LogP contribution in [0.2, 0.25) is 5.02 Å². The average Bonchev–Trinajstić information content (AvgIpc) is 3.43. The number of hydrogen-bond donors (Lipinski definition) is 3. The maximum Gasteiger partial charge on any atom is 0.353 e. The van der Waals surface area contributed by atoms with Gasteiger partial charge in [0.2, 0.25) is 0 Å². The Labute approximate surface area is 226 Å². The van der Waals surface area contributed by atoms with Crippen LogP contribution in [-0.4, -0.2) is 51.3 Å². The highest BCUT2D eigenvalue weighted by Crippen LogP contribution is 2.28. The van der Waals surface area contributed by atoms with Crippen LogP contribution in [0.1, 0.15) is 38.6 Å². The molecule has 3 N–H and O–H groups in total. The van der Waals surface area contributed by atoms with E-state index >= 15 is 0 Å². The lowest BCUT2D eigenvalue weighted by Gasteiger charge is -2.30. The largest absolute Gasteiger partial charge is 0.477 e. The number of amides is 1. The van der Waals surface area contributed by atoms with Crippen LogP contribution in [-0.2, 0) is 6.54 Å². The Morgan fingerprint density at radius 3 is 2.55 bits per heavy atom. The SMILES string of the molecule is O=C(NCc1c(C(=O)O)n(-c2ccccc2)c2cc(Cl)ccc2c1=O)c1cnc(N2CCC(CO)CC2)s1. The predicted octanol–water partition coefficient (Wildman–Crippen LogP) is 3.94. The minimum Gasteiger partial charge on any atom is -0.477 e. The first-order chi connectivity index (χ1) is 18.4. The van der Waals surface area contributed by atoms with Gasteiger partial charge in [-0.05, 0) is 49.1 Å². The Morgan fingerprint density at radius 1 is 1.13 bits per heavy atom. The van der Waals surface area contributed by atoms with Crippen LogP contribution in [0.3, 0.4) is 0 Å². The average molecular weight is 553 g/mol. The standard InChI is InChI=1S/C27H25ClN4O5S/c28-17-6-7-19-21(12-17)32(18-4-2-1-3-5-18)23(26(36)37)20(24(19)34)13-29-25(35)22-14-30-27(38-22)31-10-8-16(15-33)9-11-31/h1-7,12,14,16,33H,8-11,13,15H2,(H,29,35)(H,36,37). The van der Waals surface area contributed by atoms with Crippen LogP contribution >= 0.6 is 22.9 Å². The molecule has 9 nitrogen and oxygen atoms in total. The fourth-order valence-corrected chi connectivity index (χ4v) is 5.77. The summed E-state index contributed by atoms with van der Waals surface area (Å²) in [4.78, 5) is 45.8. The molecule has 0 saturated carbocycles. The highest BCUT2D eigenvalue weighted by Gasteiger charge is 2.25. The number of para-hydroxylation sites is 1. The molecular weight excluding hydrogens is 528 g/mol. The van der Waals surface area contributed by atoms with Crippen molar-refractivity contribution in [3.8, 4) is 5.69 Å². The van der Waals surface area contributed by atoms with Gasteiger partial charge in [-0.1, -0.05) is 41.1 Å². The number of aliphatic hydroxyl groups excluding tert-OH is 1. The molecule has 1 aliphatic heterocycles. The highest BCUT2D eigenvalue weighted by molar-refractivity contribution is 7.17. The summed E-state index contributed by atoms with van der Waals surface area (Å²) >= 11 is 7.44. The van der Waals surface area contributed by atoms with Crippen LogP contribution in [0, 0.1) is 5.92 Å². The van der Waals surface area contributed by atoms with E-state index in [1.807, 2.05) is 0 Å². The molecule has 1 fully saturated rings. The smallest absolute Gasteiger partial charge is 0.353 e. The topological polar surface area (TPSA) is 125 Å². The number of nitrogens with one attached hydrogen (secondary N) is 1. The van der Waals surface area contributed by atoms with Crippen molar-refractivity contribution in [3.63, 3.8) is 0 Å². The molecule has 5 rings (SSSR count). The number of carboxylic acid groups (broad SMARTS) is 1. The van der Waals surface area contributed by atoms with Gasteiger partial charge in [0.05, 0.1) is 17.3 Å². The molecule has 0 spiro atoms. The van der Waals surface area contributed by atoms with Gasteiger partial charge >= 0.3 is 5.97 Å². The van der Waals surface area contributed by atoms with Gasteiger partial charge in [-0.3, -0.25) is 9.59 Å². The Bertz CT molecular complexity index is 1560. The molecule has 0 radical (unpaired) electrons. The van der Waals surface area contributed by atoms with Crippen LogP contribution in [0.4, 0.5) is 5.13 Å². The van der Waals surface area contributed by atoms with Crippen LogP contribution in [0.15, 0.2) is 59.5 Å². The van der Waals surface area contributed by atoms with Crippen molar-refractivity contribution in [3.05, 3.63) is 86.1 Å². The lowest BCUT2D eigenvalue weighted by Crippen LogP contribution is -2.34. The first-order valence-corrected chi connectivity index (χ1v) is 13.3. The van der Waals surface area contributed by atoms with Gasteiger partial charge in [-0.25, -0.2) is 9.78 Å². The lowest BCUT2D eigenvalue weighted by molar-refractivity contribution is 0.0685. The molecule has 2 aromatic carbocycles. The second-order valence-electron chi connectivity index (χ2n) is 9.10. The molecule has 0 bridgehead atoms. The number of nitrogens with zero attached hydrogens (tertiary/aromatic N) is 3. The lowest BCUT2D eigenvalue weighted by atomic mass is 9.98. The number of aliphatic hydroxyl groups is 1. The maximum absolute atomic E-state index is 13.5. The van der Waals surface area contributed by atoms with Crippen molar-refractivity contribution >= 4 is 50.8 Å². The van der Waals surface area contributed by atoms with Crippen molar-refractivity contribution < 1.29 is 19.8 Å². The van der Waals surface area contributed by atoms with Gasteiger partial charge in [0.15, 0.2) is 10.6 Å². The van der Waals surface area contributed by atoms with Crippen molar-refractivity contribution in [1.82, 2.24) is 14.9 Å². The number of thiazole rings is 1. The van der Waals surface area contributed by atoms with Gasteiger partial charge < -0.3 is 25.0 Å². The van der Waals surface area contributed by atoms with E-state index in [1.54, 1.807) is 48.5 Å². The summed E-state index contributed by atoms with van der Waals surface area (Å²) in [6, 6.07) is 13.5. The zero-order valence-electron chi connectivity index (χ0n) is 20.3. The third kappa shape index (κ3) is 5.02. The molecule has 0 atom stereocenters. The zero-order valence-corrected chi connectivity index (χ0v) is 21.8. The number of halogens is 1. The third-order valence-corrected chi connectivity index (χ3v) is 8.02. The number of fused-ring (bicyclic) bond motifs is 1. The van der Waals surface area contributed by atoms with E-state index in [-0.39, 0.29) is 30.3 Å². The minimum atomic E-state index is -1.30. The number of anilines is 1. The number of aromatic nitrogens is 2. The molecule has 3 heterocycles. The van der Waals surface area contributed by atoms with E-state index in [0.29, 0.717) is 31.6 Å². The van der Waals surface area contributed by atoms with E-state index in [9.17, 15) is 24.6 Å². The fourth-order valence-electron chi connectivity index (χ4n) is 4.72. The highest BCUT2D eigenvalue weighted by atomic mass is 35.5. The quantitative estimate of drug-likeness (QED) is 0.317. The number of carbonyl (C=O) groups is 2. The normalized spacial score (nSPS) is 14.1. The summed E-state index contributed by atoms with van der Waals surface area (Å²) in [5.41, 5.74) is 0.131. The Balaban J connectivity index is 1.47. The molecular formula is C27H25ClN4O5S. The number of hydrogen-bond acceptors (Lipinski definition) is 7. The molecule has 0 unspecified atom stereocenters. The second kappa shape index (κ2) is 10.9. The van der Waals surface area contributed by atoms with E-state index in [0.717, 1.165) is 25.9 Å². The van der Waals surface area contributed by atoms with Crippen LogP contribution in [0.5, 0.6) is 0 Å². The van der Waals surface area contributed by atoms with E-state index in [4.69, 9.17) is 11.6 Å². The van der Waals surface area contributed by atoms with E-state index in [2.05, 4.69) is 15.2 Å². The first-order valence-electron chi connectivity index (χ1n) is 12.1. The summed E-state index contributed by atoms with van der Waals surface area (Å²) < 4.78 is 1.48. The third-order valence-electron chi connectivity index (χ3n) is 6.73. The molecule has 1 aliphatic rings. The summed E-state index contributed by atoms with van der Waals surface area (Å²) in [7, 11) is 0. The molecule has 0 aliphatic carbocycles. The van der Waals surface area contributed by atoms with Gasteiger partial charge in [-0.15, -0.1) is 0 Å². The summed E-state index contributed by atoms with van der Waals surface area (Å²) in [6.45, 7) is 1.40. The fraction of sp³-hybridized carbons (Fsp3) is 0.259. The zero-order chi connectivity index (χ0) is 26.8. The van der Waals surface area contributed by atoms with Crippen molar-refractivity contribution in [1.29, 1.82) is 0 Å². The number of carboxylic acids is 1. The van der Waals surface area contributed by atoms with Gasteiger partial charge in [0.1, 0.15) is 10.6 Å². The molecule has 2 aromatic heterocycles. The Hall–Kier alpha value is -3.73. The van der Waals surface area contributed by atoms with Crippen molar-refractivity contribution in [2.45, 2.75) is 19.4 Å². The number of benzene rings is 2. The molecule has 11 heteroatoms. The van der Waals surface area contributed by atoms with E-state index < -0.39 is 17.3 Å². The number of carbonyl (C=O) groups excluding carboxylic acids is 1. The summed E-state index contributed by atoms with van der Waals surface area (Å²) in [5, 5.41) is 23.6. The number of piperidine rings is 1. The van der Waals surface area contributed by atoms with Gasteiger partial charge in [0, 0.05) is 42.3 Å². The molecule has 196 valence electrons. The van der Waals surface area contributed by atoms with Crippen LogP contribution in [0.25, 0.3) is 16.6 Å². The molecule has 38 heavy (non-hydrogen) atoms. The Morgan fingerprint density at radius 2 is 1.87 bits per heavy atom. The predicted molar refractivity (Wildman–Crippen MR) is 147 cm³/mol. The van der Waals surface area contributed by atoms with Crippen molar-refractivity contribution in [2.75, 3.05) is 24.6 Å². The van der Waals surface area contributed by atoms with Crippen LogP contribution < -0.4 is 15.6 Å². The monoisotopic (exact) mass is 552 g/mol. The van der Waals surface area contributed by atoms with E-state index in [1.165, 1.54) is 22.1 Å². The molecule has 4 aromatic rings. The van der Waals surface area contributed by atoms with Gasteiger partial charge in [-0.2, -0.15) is 0 Å². The first kappa shape index (κ1) is 25.9. The number of rotatable bonds is 7. The summed E-state index contributed by atoms with van der Waals surface area (Å²) in [6.07, 6.45) is 3.20. The molecule has 1 amide bonds. The number of aromatic carboxylic acids is 1. The van der Waals surface area contributed by atoms with Crippen molar-refractivity contribution in [2.24, 2.45) is 5.92 Å². The minimum absolute atomic E-state index is 0.0414. The maximum atomic E-state index is 13.5. The number of pyridine rings is 1. The second-order valence-corrected chi connectivity index (χ2v) is 10.5.